The molecule has 0 radical (unpaired) electrons. The van der Waals surface area contributed by atoms with Crippen LogP contribution in [0.25, 0.3) is 11.3 Å². The Hall–Kier alpha value is -2.23. The quantitative estimate of drug-likeness (QED) is 0.829. The molecule has 0 fully saturated rings. The Bertz CT molecular complexity index is 623. The number of hydrogen-bond acceptors (Lipinski definition) is 2. The van der Waals surface area contributed by atoms with Crippen LogP contribution in [0.5, 0.6) is 0 Å². The summed E-state index contributed by atoms with van der Waals surface area (Å²) in [6, 6.07) is 9.72. The van der Waals surface area contributed by atoms with Gasteiger partial charge in [0.15, 0.2) is 0 Å². The lowest BCUT2D eigenvalue weighted by molar-refractivity contribution is 0.0822. The second kappa shape index (κ2) is 5.18. The fourth-order valence-electron chi connectivity index (χ4n) is 1.80. The minimum atomic E-state index is -0.313. The number of benzene rings is 1. The normalized spacial score (nSPS) is 10.3. The second-order valence-corrected chi connectivity index (χ2v) is 4.57. The highest BCUT2D eigenvalue weighted by molar-refractivity contribution is 5.92. The van der Waals surface area contributed by atoms with Crippen LogP contribution in [0, 0.1) is 12.7 Å². The topological polar surface area (TPSA) is 33.2 Å². The van der Waals surface area contributed by atoms with Gasteiger partial charge < -0.3 is 4.90 Å². The zero-order valence-electron chi connectivity index (χ0n) is 11.1. The van der Waals surface area contributed by atoms with Crippen molar-refractivity contribution in [1.82, 2.24) is 9.88 Å². The van der Waals surface area contributed by atoms with Gasteiger partial charge in [-0.25, -0.2) is 9.37 Å². The van der Waals surface area contributed by atoms with Crippen molar-refractivity contribution in [2.75, 3.05) is 14.1 Å². The SMILES string of the molecule is Cc1ccc(F)cc1-c1cccc(C(=O)N(C)C)n1. The number of aromatic nitrogens is 1. The summed E-state index contributed by atoms with van der Waals surface area (Å²) in [4.78, 5) is 17.6. The van der Waals surface area contributed by atoms with Crippen LogP contribution in [0.2, 0.25) is 0 Å². The number of hydrogen-bond donors (Lipinski definition) is 0. The molecule has 19 heavy (non-hydrogen) atoms. The molecule has 1 aromatic heterocycles. The standard InChI is InChI=1S/C15H15FN2O/c1-10-7-8-11(16)9-12(10)13-5-4-6-14(17-13)15(19)18(2)3/h4-9H,1-3H3. The molecule has 2 rings (SSSR count). The Kier molecular flexibility index (Phi) is 3.60. The zero-order chi connectivity index (χ0) is 14.0. The molecule has 0 aliphatic heterocycles. The largest absolute Gasteiger partial charge is 0.343 e. The molecular weight excluding hydrogens is 243 g/mol. The molecule has 0 spiro atoms. The Morgan fingerprint density at radius 3 is 2.63 bits per heavy atom. The van der Waals surface area contributed by atoms with Gasteiger partial charge in [-0.15, -0.1) is 0 Å². The monoisotopic (exact) mass is 258 g/mol. The van der Waals surface area contributed by atoms with Gasteiger partial charge in [-0.2, -0.15) is 0 Å². The third-order valence-corrected chi connectivity index (χ3v) is 2.85. The Morgan fingerprint density at radius 2 is 1.95 bits per heavy atom. The van der Waals surface area contributed by atoms with Crippen molar-refractivity contribution in [2.24, 2.45) is 0 Å². The van der Waals surface area contributed by atoms with E-state index in [1.165, 1.54) is 17.0 Å². The smallest absolute Gasteiger partial charge is 0.271 e. The van der Waals surface area contributed by atoms with E-state index in [0.29, 0.717) is 17.0 Å². The van der Waals surface area contributed by atoms with Crippen molar-refractivity contribution in [3.8, 4) is 11.3 Å². The molecule has 0 N–H and O–H groups in total. The lowest BCUT2D eigenvalue weighted by Crippen LogP contribution is -2.22. The Balaban J connectivity index is 2.49. The summed E-state index contributed by atoms with van der Waals surface area (Å²) in [5.41, 5.74) is 2.58. The number of carbonyl (C=O) groups is 1. The summed E-state index contributed by atoms with van der Waals surface area (Å²) in [5.74, 6) is -0.484. The Labute approximate surface area is 111 Å². The van der Waals surface area contributed by atoms with E-state index in [2.05, 4.69) is 4.98 Å². The average molecular weight is 258 g/mol. The summed E-state index contributed by atoms with van der Waals surface area (Å²) < 4.78 is 13.3. The molecule has 0 bridgehead atoms. The molecule has 0 atom stereocenters. The van der Waals surface area contributed by atoms with Crippen molar-refractivity contribution >= 4 is 5.91 Å². The van der Waals surface area contributed by atoms with E-state index in [4.69, 9.17) is 0 Å². The summed E-state index contributed by atoms with van der Waals surface area (Å²) in [6.07, 6.45) is 0. The lowest BCUT2D eigenvalue weighted by Gasteiger charge is -2.11. The van der Waals surface area contributed by atoms with Gasteiger partial charge in [-0.3, -0.25) is 4.79 Å². The number of nitrogens with zero attached hydrogens (tertiary/aromatic N) is 2. The van der Waals surface area contributed by atoms with Gasteiger partial charge in [0.1, 0.15) is 11.5 Å². The van der Waals surface area contributed by atoms with Crippen LogP contribution in [0.3, 0.4) is 0 Å². The minimum Gasteiger partial charge on any atom is -0.343 e. The lowest BCUT2D eigenvalue weighted by atomic mass is 10.0. The Morgan fingerprint density at radius 1 is 1.21 bits per heavy atom. The number of rotatable bonds is 2. The van der Waals surface area contributed by atoms with Gasteiger partial charge >= 0.3 is 0 Å². The number of carbonyl (C=O) groups excluding carboxylic acids is 1. The van der Waals surface area contributed by atoms with Crippen molar-refractivity contribution in [2.45, 2.75) is 6.92 Å². The van der Waals surface area contributed by atoms with E-state index in [-0.39, 0.29) is 11.7 Å². The summed E-state index contributed by atoms with van der Waals surface area (Å²) >= 11 is 0. The van der Waals surface area contributed by atoms with Crippen LogP contribution in [0.15, 0.2) is 36.4 Å². The maximum atomic E-state index is 13.3. The summed E-state index contributed by atoms with van der Waals surface area (Å²) in [6.45, 7) is 1.89. The van der Waals surface area contributed by atoms with E-state index < -0.39 is 0 Å². The molecular formula is C15H15FN2O. The predicted molar refractivity (Wildman–Crippen MR) is 72.4 cm³/mol. The van der Waals surface area contributed by atoms with Crippen LogP contribution >= 0.6 is 0 Å². The molecule has 0 saturated heterocycles. The highest BCUT2D eigenvalue weighted by atomic mass is 19.1. The molecule has 1 aromatic carbocycles. The van der Waals surface area contributed by atoms with Gasteiger partial charge in [0.2, 0.25) is 0 Å². The van der Waals surface area contributed by atoms with Crippen LogP contribution < -0.4 is 0 Å². The molecule has 3 nitrogen and oxygen atoms in total. The highest BCUT2D eigenvalue weighted by Crippen LogP contribution is 2.22. The van der Waals surface area contributed by atoms with Gasteiger partial charge in [0.05, 0.1) is 5.69 Å². The molecule has 0 aliphatic carbocycles. The summed E-state index contributed by atoms with van der Waals surface area (Å²) in [7, 11) is 3.34. The van der Waals surface area contributed by atoms with Crippen LogP contribution in [-0.4, -0.2) is 29.9 Å². The zero-order valence-corrected chi connectivity index (χ0v) is 11.1. The van der Waals surface area contributed by atoms with Crippen LogP contribution in [0.1, 0.15) is 16.1 Å². The van der Waals surface area contributed by atoms with E-state index in [1.807, 2.05) is 6.92 Å². The van der Waals surface area contributed by atoms with Crippen molar-refractivity contribution in [3.63, 3.8) is 0 Å². The van der Waals surface area contributed by atoms with Crippen molar-refractivity contribution < 1.29 is 9.18 Å². The number of amides is 1. The van der Waals surface area contributed by atoms with Crippen molar-refractivity contribution in [3.05, 3.63) is 53.5 Å². The van der Waals surface area contributed by atoms with E-state index in [0.717, 1.165) is 5.56 Å². The first-order valence-corrected chi connectivity index (χ1v) is 5.94. The van der Waals surface area contributed by atoms with Crippen LogP contribution in [0.4, 0.5) is 4.39 Å². The van der Waals surface area contributed by atoms with Gasteiger partial charge in [0.25, 0.3) is 5.91 Å². The maximum Gasteiger partial charge on any atom is 0.271 e. The minimum absolute atomic E-state index is 0.170. The van der Waals surface area contributed by atoms with E-state index in [1.54, 1.807) is 38.4 Å². The van der Waals surface area contributed by atoms with Gasteiger partial charge in [0, 0.05) is 19.7 Å². The molecule has 1 heterocycles. The third-order valence-electron chi connectivity index (χ3n) is 2.85. The summed E-state index contributed by atoms with van der Waals surface area (Å²) in [5, 5.41) is 0. The third kappa shape index (κ3) is 2.78. The molecule has 1 amide bonds. The number of halogens is 1. The highest BCUT2D eigenvalue weighted by Gasteiger charge is 2.12. The molecule has 0 aliphatic rings. The molecule has 98 valence electrons. The molecule has 0 saturated carbocycles. The first-order valence-electron chi connectivity index (χ1n) is 5.94. The average Bonchev–Trinajstić information content (AvgIpc) is 2.40. The van der Waals surface area contributed by atoms with Crippen molar-refractivity contribution in [1.29, 1.82) is 0 Å². The first kappa shape index (κ1) is 13.2. The van der Waals surface area contributed by atoms with E-state index in [9.17, 15) is 9.18 Å². The molecule has 2 aromatic rings. The second-order valence-electron chi connectivity index (χ2n) is 4.57. The first-order chi connectivity index (χ1) is 8.99. The maximum absolute atomic E-state index is 13.3. The molecule has 4 heteroatoms. The van der Waals surface area contributed by atoms with Gasteiger partial charge in [-0.05, 0) is 36.8 Å². The number of pyridine rings is 1. The van der Waals surface area contributed by atoms with Gasteiger partial charge in [-0.1, -0.05) is 12.1 Å². The van der Waals surface area contributed by atoms with E-state index >= 15 is 0 Å². The number of aryl methyl sites for hydroxylation is 1. The predicted octanol–water partition coefficient (Wildman–Crippen LogP) is 2.90. The molecule has 0 unspecified atom stereocenters. The fourth-order valence-corrected chi connectivity index (χ4v) is 1.80. The van der Waals surface area contributed by atoms with Crippen LogP contribution in [-0.2, 0) is 0 Å². The fraction of sp³-hybridized carbons (Fsp3) is 0.200.